The van der Waals surface area contributed by atoms with Gasteiger partial charge in [0.15, 0.2) is 0 Å². The van der Waals surface area contributed by atoms with Crippen molar-refractivity contribution in [1.29, 1.82) is 0 Å². The molecule has 2 aromatic rings. The van der Waals surface area contributed by atoms with E-state index in [2.05, 4.69) is 23.5 Å². The van der Waals surface area contributed by atoms with Crippen LogP contribution in [0.3, 0.4) is 0 Å². The highest BCUT2D eigenvalue weighted by atomic mass is 16.5. The van der Waals surface area contributed by atoms with Crippen molar-refractivity contribution in [1.82, 2.24) is 0 Å². The zero-order valence-corrected chi connectivity index (χ0v) is 10.6. The zero-order valence-electron chi connectivity index (χ0n) is 10.6. The molecule has 0 fully saturated rings. The molecule has 2 aromatic carbocycles. The van der Waals surface area contributed by atoms with Gasteiger partial charge in [0.25, 0.3) is 0 Å². The molecule has 2 rings (SSSR count). The predicted octanol–water partition coefficient (Wildman–Crippen LogP) is 3.45. The summed E-state index contributed by atoms with van der Waals surface area (Å²) in [5.41, 5.74) is 6.22. The van der Waals surface area contributed by atoms with E-state index < -0.39 is 0 Å². The molecule has 0 bridgehead atoms. The fraction of sp³-hybridized carbons (Fsp3) is 0.133. The van der Waals surface area contributed by atoms with Gasteiger partial charge in [0.2, 0.25) is 0 Å². The highest BCUT2D eigenvalue weighted by Crippen LogP contribution is 2.11. The summed E-state index contributed by atoms with van der Waals surface area (Å²) in [6.07, 6.45) is 1.78. The Labute approximate surface area is 107 Å². The van der Waals surface area contributed by atoms with E-state index in [1.165, 1.54) is 5.56 Å². The molecule has 1 N–H and O–H groups in total. The van der Waals surface area contributed by atoms with Gasteiger partial charge in [0.05, 0.1) is 19.0 Å². The molecule has 3 nitrogen and oxygen atoms in total. The maximum Gasteiger partial charge on any atom is 0.118 e. The van der Waals surface area contributed by atoms with Crippen LogP contribution in [0.2, 0.25) is 0 Å². The van der Waals surface area contributed by atoms with Crippen LogP contribution in [0.15, 0.2) is 53.6 Å². The first kappa shape index (κ1) is 12.2. The van der Waals surface area contributed by atoms with E-state index in [-0.39, 0.29) is 0 Å². The van der Waals surface area contributed by atoms with E-state index in [1.54, 1.807) is 13.3 Å². The third-order valence-electron chi connectivity index (χ3n) is 2.54. The molecule has 0 unspecified atom stereocenters. The standard InChI is InChI=1S/C15H16N2O/c1-12-4-3-5-14(10-12)17-16-11-13-6-8-15(18-2)9-7-13/h3-11,17H,1-2H3/b16-11+. The number of methoxy groups -OCH3 is 1. The first-order chi connectivity index (χ1) is 8.78. The van der Waals surface area contributed by atoms with Gasteiger partial charge in [-0.25, -0.2) is 0 Å². The van der Waals surface area contributed by atoms with Crippen LogP contribution in [0.4, 0.5) is 5.69 Å². The third kappa shape index (κ3) is 3.35. The predicted molar refractivity (Wildman–Crippen MR) is 75.4 cm³/mol. The van der Waals surface area contributed by atoms with Gasteiger partial charge < -0.3 is 4.74 Å². The molecule has 3 heteroatoms. The largest absolute Gasteiger partial charge is 0.497 e. The molecule has 0 aliphatic carbocycles. The van der Waals surface area contributed by atoms with Crippen molar-refractivity contribution in [3.05, 3.63) is 59.7 Å². The maximum absolute atomic E-state index is 5.10. The van der Waals surface area contributed by atoms with Gasteiger partial charge in [-0.2, -0.15) is 5.10 Å². The Morgan fingerprint density at radius 2 is 1.89 bits per heavy atom. The van der Waals surface area contributed by atoms with Crippen molar-refractivity contribution < 1.29 is 4.74 Å². The SMILES string of the molecule is COc1ccc(/C=N/Nc2cccc(C)c2)cc1. The highest BCUT2D eigenvalue weighted by Gasteiger charge is 1.91. The fourth-order valence-corrected chi connectivity index (χ4v) is 1.59. The summed E-state index contributed by atoms with van der Waals surface area (Å²) >= 11 is 0. The molecule has 0 aliphatic heterocycles. The number of nitrogens with zero attached hydrogens (tertiary/aromatic N) is 1. The molecule has 0 radical (unpaired) electrons. The average Bonchev–Trinajstić information content (AvgIpc) is 2.40. The molecule has 0 spiro atoms. The number of hydrazone groups is 1. The summed E-state index contributed by atoms with van der Waals surface area (Å²) in [7, 11) is 1.66. The minimum absolute atomic E-state index is 0.846. The van der Waals surface area contributed by atoms with Crippen LogP contribution in [-0.2, 0) is 0 Å². The number of rotatable bonds is 4. The van der Waals surface area contributed by atoms with Crippen LogP contribution in [0.25, 0.3) is 0 Å². The second-order valence-corrected chi connectivity index (χ2v) is 4.01. The smallest absolute Gasteiger partial charge is 0.118 e. The minimum atomic E-state index is 0.846. The molecular formula is C15H16N2O. The van der Waals surface area contributed by atoms with Gasteiger partial charge >= 0.3 is 0 Å². The Bertz CT molecular complexity index is 532. The Hall–Kier alpha value is -2.29. The first-order valence-corrected chi connectivity index (χ1v) is 5.78. The number of hydrogen-bond donors (Lipinski definition) is 1. The highest BCUT2D eigenvalue weighted by molar-refractivity contribution is 5.80. The van der Waals surface area contributed by atoms with Crippen molar-refractivity contribution in [2.24, 2.45) is 5.10 Å². The van der Waals surface area contributed by atoms with Gasteiger partial charge in [-0.15, -0.1) is 0 Å². The molecule has 92 valence electrons. The average molecular weight is 240 g/mol. The quantitative estimate of drug-likeness (QED) is 0.656. The summed E-state index contributed by atoms with van der Waals surface area (Å²) in [5, 5.41) is 4.19. The van der Waals surface area contributed by atoms with Crippen LogP contribution in [0.5, 0.6) is 5.75 Å². The number of aryl methyl sites for hydroxylation is 1. The van der Waals surface area contributed by atoms with Gasteiger partial charge in [-0.3, -0.25) is 5.43 Å². The first-order valence-electron chi connectivity index (χ1n) is 5.78. The van der Waals surface area contributed by atoms with E-state index in [0.29, 0.717) is 0 Å². The Morgan fingerprint density at radius 1 is 1.11 bits per heavy atom. The van der Waals surface area contributed by atoms with Gasteiger partial charge in [-0.1, -0.05) is 12.1 Å². The van der Waals surface area contributed by atoms with Crippen LogP contribution >= 0.6 is 0 Å². The van der Waals surface area contributed by atoms with Crippen molar-refractivity contribution in [3.8, 4) is 5.75 Å². The summed E-state index contributed by atoms with van der Waals surface area (Å²) in [5.74, 6) is 0.846. The lowest BCUT2D eigenvalue weighted by Gasteiger charge is -2.01. The number of anilines is 1. The van der Waals surface area contributed by atoms with E-state index in [4.69, 9.17) is 4.74 Å². The van der Waals surface area contributed by atoms with E-state index in [9.17, 15) is 0 Å². The number of hydrogen-bond acceptors (Lipinski definition) is 3. The normalized spacial score (nSPS) is 10.6. The molecule has 18 heavy (non-hydrogen) atoms. The molecule has 0 atom stereocenters. The fourth-order valence-electron chi connectivity index (χ4n) is 1.59. The van der Waals surface area contributed by atoms with Crippen molar-refractivity contribution >= 4 is 11.9 Å². The van der Waals surface area contributed by atoms with Crippen molar-refractivity contribution in [3.63, 3.8) is 0 Å². The lowest BCUT2D eigenvalue weighted by molar-refractivity contribution is 0.415. The third-order valence-corrected chi connectivity index (χ3v) is 2.54. The second kappa shape index (κ2) is 5.87. The Kier molecular flexibility index (Phi) is 3.97. The lowest BCUT2D eigenvalue weighted by Crippen LogP contribution is -1.91. The van der Waals surface area contributed by atoms with Gasteiger partial charge in [0.1, 0.15) is 5.75 Å². The van der Waals surface area contributed by atoms with Crippen LogP contribution in [0, 0.1) is 6.92 Å². The van der Waals surface area contributed by atoms with E-state index in [1.807, 2.05) is 42.5 Å². The Balaban J connectivity index is 1.98. The Morgan fingerprint density at radius 3 is 2.56 bits per heavy atom. The van der Waals surface area contributed by atoms with Crippen LogP contribution < -0.4 is 10.2 Å². The number of nitrogens with one attached hydrogen (secondary N) is 1. The summed E-state index contributed by atoms with van der Waals surface area (Å²) in [6, 6.07) is 15.8. The molecule has 0 saturated carbocycles. The van der Waals surface area contributed by atoms with Gasteiger partial charge in [-0.05, 0) is 54.4 Å². The van der Waals surface area contributed by atoms with Crippen LogP contribution in [0.1, 0.15) is 11.1 Å². The second-order valence-electron chi connectivity index (χ2n) is 4.01. The summed E-state index contributed by atoms with van der Waals surface area (Å²) < 4.78 is 5.10. The number of ether oxygens (including phenoxy) is 1. The number of benzene rings is 2. The van der Waals surface area contributed by atoms with E-state index >= 15 is 0 Å². The lowest BCUT2D eigenvalue weighted by atomic mass is 10.2. The molecule has 0 heterocycles. The monoisotopic (exact) mass is 240 g/mol. The van der Waals surface area contributed by atoms with E-state index in [0.717, 1.165) is 17.0 Å². The molecular weight excluding hydrogens is 224 g/mol. The summed E-state index contributed by atoms with van der Waals surface area (Å²) in [4.78, 5) is 0. The van der Waals surface area contributed by atoms with Crippen LogP contribution in [-0.4, -0.2) is 13.3 Å². The van der Waals surface area contributed by atoms with Crippen molar-refractivity contribution in [2.75, 3.05) is 12.5 Å². The van der Waals surface area contributed by atoms with Crippen molar-refractivity contribution in [2.45, 2.75) is 6.92 Å². The summed E-state index contributed by atoms with van der Waals surface area (Å²) in [6.45, 7) is 2.05. The molecule has 0 aromatic heterocycles. The topological polar surface area (TPSA) is 33.6 Å². The molecule has 0 aliphatic rings. The molecule has 0 saturated heterocycles. The minimum Gasteiger partial charge on any atom is -0.497 e. The zero-order chi connectivity index (χ0) is 12.8. The molecule has 0 amide bonds. The van der Waals surface area contributed by atoms with Gasteiger partial charge in [0, 0.05) is 0 Å². The maximum atomic E-state index is 5.10.